The summed E-state index contributed by atoms with van der Waals surface area (Å²) in [4.78, 5) is 23.3. The Bertz CT molecular complexity index is 962. The fourth-order valence-corrected chi connectivity index (χ4v) is 2.65. The van der Waals surface area contributed by atoms with Crippen molar-refractivity contribution in [1.82, 2.24) is 0 Å². The molecular formula is C20H19NO6. The fourth-order valence-electron chi connectivity index (χ4n) is 2.65. The highest BCUT2D eigenvalue weighted by atomic mass is 16.5. The molecule has 0 saturated carbocycles. The number of hydrogen-bond acceptors (Lipinski definition) is 6. The van der Waals surface area contributed by atoms with E-state index in [1.807, 2.05) is 18.2 Å². The lowest BCUT2D eigenvalue weighted by molar-refractivity contribution is -0.119. The van der Waals surface area contributed by atoms with Crippen LogP contribution in [0.25, 0.3) is 11.0 Å². The van der Waals surface area contributed by atoms with Crippen LogP contribution in [0.2, 0.25) is 0 Å². The van der Waals surface area contributed by atoms with Crippen LogP contribution in [0.15, 0.2) is 52.9 Å². The molecule has 140 valence electrons. The third-order valence-corrected chi connectivity index (χ3v) is 3.82. The maximum atomic E-state index is 12.5. The first kappa shape index (κ1) is 18.5. The van der Waals surface area contributed by atoms with Gasteiger partial charge in [0.2, 0.25) is 5.76 Å². The lowest BCUT2D eigenvalue weighted by Crippen LogP contribution is -2.20. The van der Waals surface area contributed by atoms with Crippen LogP contribution in [-0.2, 0) is 27.5 Å². The van der Waals surface area contributed by atoms with Crippen LogP contribution >= 0.6 is 0 Å². The largest absolute Gasteiger partial charge is 0.484 e. The molecule has 2 N–H and O–H groups in total. The molecule has 2 aromatic carbocycles. The molecule has 0 unspecified atom stereocenters. The Kier molecular flexibility index (Phi) is 5.73. The Balaban J connectivity index is 1.73. The van der Waals surface area contributed by atoms with E-state index >= 15 is 0 Å². The molecule has 0 aliphatic carbocycles. The first-order chi connectivity index (χ1) is 13.1. The third-order valence-electron chi connectivity index (χ3n) is 3.82. The van der Waals surface area contributed by atoms with E-state index in [4.69, 9.17) is 24.4 Å². The number of ether oxygens (including phenoxy) is 3. The molecule has 0 saturated heterocycles. The number of carbonyl (C=O) groups is 2. The number of furan rings is 1. The minimum atomic E-state index is -0.582. The molecule has 0 atom stereocenters. The molecule has 0 fully saturated rings. The lowest BCUT2D eigenvalue weighted by Gasteiger charge is -2.07. The minimum absolute atomic E-state index is 0.0239. The van der Waals surface area contributed by atoms with Crippen LogP contribution in [0, 0.1) is 0 Å². The number of rotatable bonds is 8. The SMILES string of the molecule is COCc1c(C(=O)OCc2cccc(OCC(N)=O)c2)oc2ccccc12. The standard InChI is InChI=1S/C20H19NO6/c1-24-11-16-15-7-2-3-8-17(15)27-19(16)20(23)26-10-13-5-4-6-14(9-13)25-12-18(21)22/h2-9H,10-12H2,1H3,(H2,21,22). The average Bonchev–Trinajstić information content (AvgIpc) is 3.04. The van der Waals surface area contributed by atoms with E-state index < -0.39 is 11.9 Å². The summed E-state index contributed by atoms with van der Waals surface area (Å²) >= 11 is 0. The van der Waals surface area contributed by atoms with Crippen LogP contribution in [0.3, 0.4) is 0 Å². The maximum Gasteiger partial charge on any atom is 0.374 e. The molecule has 1 aromatic heterocycles. The molecule has 7 heteroatoms. The van der Waals surface area contributed by atoms with Gasteiger partial charge >= 0.3 is 5.97 Å². The topological polar surface area (TPSA) is 101 Å². The van der Waals surface area contributed by atoms with E-state index in [-0.39, 0.29) is 25.6 Å². The predicted molar refractivity (Wildman–Crippen MR) is 97.2 cm³/mol. The minimum Gasteiger partial charge on any atom is -0.484 e. The zero-order valence-corrected chi connectivity index (χ0v) is 14.8. The Hall–Kier alpha value is -3.32. The zero-order chi connectivity index (χ0) is 19.2. The zero-order valence-electron chi connectivity index (χ0n) is 14.8. The number of primary amides is 1. The average molecular weight is 369 g/mol. The number of fused-ring (bicyclic) bond motifs is 1. The molecule has 1 amide bonds. The van der Waals surface area contributed by atoms with E-state index in [1.54, 1.807) is 37.4 Å². The van der Waals surface area contributed by atoms with Crippen molar-refractivity contribution in [2.45, 2.75) is 13.2 Å². The number of nitrogens with two attached hydrogens (primary N) is 1. The van der Waals surface area contributed by atoms with Gasteiger partial charge in [0.25, 0.3) is 5.91 Å². The molecule has 0 aliphatic heterocycles. The summed E-state index contributed by atoms with van der Waals surface area (Å²) in [5.74, 6) is -0.561. The van der Waals surface area contributed by atoms with Crippen molar-refractivity contribution >= 4 is 22.8 Å². The molecule has 3 aromatic rings. The number of amides is 1. The Labute approximate surface area is 155 Å². The van der Waals surface area contributed by atoms with Crippen molar-refractivity contribution in [3.63, 3.8) is 0 Å². The van der Waals surface area contributed by atoms with Crippen LogP contribution in [-0.4, -0.2) is 25.6 Å². The molecular weight excluding hydrogens is 350 g/mol. The number of para-hydroxylation sites is 1. The number of hydrogen-bond donors (Lipinski definition) is 1. The van der Waals surface area contributed by atoms with Gasteiger partial charge in [-0.05, 0) is 23.8 Å². The Morgan fingerprint density at radius 1 is 1.07 bits per heavy atom. The van der Waals surface area contributed by atoms with Gasteiger partial charge in [-0.25, -0.2) is 4.79 Å². The second-order valence-electron chi connectivity index (χ2n) is 5.82. The number of benzene rings is 2. The van der Waals surface area contributed by atoms with Crippen molar-refractivity contribution in [3.05, 3.63) is 65.4 Å². The van der Waals surface area contributed by atoms with E-state index in [1.165, 1.54) is 0 Å². The summed E-state index contributed by atoms with van der Waals surface area (Å²) in [6.45, 7) is 0.0383. The van der Waals surface area contributed by atoms with Gasteiger partial charge in [0.15, 0.2) is 6.61 Å². The molecule has 0 aliphatic rings. The van der Waals surface area contributed by atoms with E-state index in [9.17, 15) is 9.59 Å². The summed E-state index contributed by atoms with van der Waals surface area (Å²) in [6.07, 6.45) is 0. The smallest absolute Gasteiger partial charge is 0.374 e. The van der Waals surface area contributed by atoms with Gasteiger partial charge in [0.05, 0.1) is 6.61 Å². The van der Waals surface area contributed by atoms with Crippen LogP contribution in [0.4, 0.5) is 0 Å². The highest BCUT2D eigenvalue weighted by molar-refractivity contribution is 5.96. The summed E-state index contributed by atoms with van der Waals surface area (Å²) in [6, 6.07) is 14.2. The fraction of sp³-hybridized carbons (Fsp3) is 0.200. The van der Waals surface area contributed by atoms with Crippen molar-refractivity contribution < 1.29 is 28.2 Å². The Morgan fingerprint density at radius 3 is 2.67 bits per heavy atom. The van der Waals surface area contributed by atoms with Gasteiger partial charge < -0.3 is 24.4 Å². The summed E-state index contributed by atoms with van der Waals surface area (Å²) in [5, 5.41) is 0.813. The number of esters is 1. The van der Waals surface area contributed by atoms with E-state index in [2.05, 4.69) is 0 Å². The van der Waals surface area contributed by atoms with Gasteiger partial charge in [-0.3, -0.25) is 4.79 Å². The summed E-state index contributed by atoms with van der Waals surface area (Å²) < 4.78 is 21.5. The number of carbonyl (C=O) groups excluding carboxylic acids is 2. The second kappa shape index (κ2) is 8.37. The summed E-state index contributed by atoms with van der Waals surface area (Å²) in [7, 11) is 1.55. The normalized spacial score (nSPS) is 10.7. The molecule has 7 nitrogen and oxygen atoms in total. The van der Waals surface area contributed by atoms with Gasteiger partial charge in [0, 0.05) is 18.1 Å². The third kappa shape index (κ3) is 4.45. The first-order valence-electron chi connectivity index (χ1n) is 8.25. The molecule has 3 rings (SSSR count). The molecule has 0 spiro atoms. The molecule has 27 heavy (non-hydrogen) atoms. The highest BCUT2D eigenvalue weighted by Gasteiger charge is 2.21. The van der Waals surface area contributed by atoms with Crippen molar-refractivity contribution in [2.75, 3.05) is 13.7 Å². The molecule has 0 radical (unpaired) electrons. The van der Waals surface area contributed by atoms with Gasteiger partial charge in [-0.2, -0.15) is 0 Å². The predicted octanol–water partition coefficient (Wildman–Crippen LogP) is 2.80. The van der Waals surface area contributed by atoms with Crippen molar-refractivity contribution in [1.29, 1.82) is 0 Å². The van der Waals surface area contributed by atoms with E-state index in [0.717, 1.165) is 5.39 Å². The first-order valence-corrected chi connectivity index (χ1v) is 8.25. The molecule has 1 heterocycles. The Morgan fingerprint density at radius 2 is 1.89 bits per heavy atom. The lowest BCUT2D eigenvalue weighted by atomic mass is 10.1. The second-order valence-corrected chi connectivity index (χ2v) is 5.82. The van der Waals surface area contributed by atoms with E-state index in [0.29, 0.717) is 22.5 Å². The van der Waals surface area contributed by atoms with Crippen LogP contribution < -0.4 is 10.5 Å². The summed E-state index contributed by atoms with van der Waals surface area (Å²) in [5.41, 5.74) is 7.01. The van der Waals surface area contributed by atoms with Gasteiger partial charge in [-0.1, -0.05) is 30.3 Å². The van der Waals surface area contributed by atoms with Gasteiger partial charge in [0.1, 0.15) is 17.9 Å². The van der Waals surface area contributed by atoms with Crippen LogP contribution in [0.1, 0.15) is 21.7 Å². The number of methoxy groups -OCH3 is 1. The van der Waals surface area contributed by atoms with Gasteiger partial charge in [-0.15, -0.1) is 0 Å². The molecule has 0 bridgehead atoms. The maximum absolute atomic E-state index is 12.5. The quantitative estimate of drug-likeness (QED) is 0.613. The van der Waals surface area contributed by atoms with Crippen LogP contribution in [0.5, 0.6) is 5.75 Å². The van der Waals surface area contributed by atoms with Crippen molar-refractivity contribution in [2.24, 2.45) is 5.73 Å². The highest BCUT2D eigenvalue weighted by Crippen LogP contribution is 2.27. The van der Waals surface area contributed by atoms with Crippen molar-refractivity contribution in [3.8, 4) is 5.75 Å². The monoisotopic (exact) mass is 369 g/mol.